The third-order valence-electron chi connectivity index (χ3n) is 5.05. The number of likely N-dealkylation sites (tertiary alicyclic amines) is 1. The first-order chi connectivity index (χ1) is 14.6. The molecule has 1 fully saturated rings. The molecule has 1 aromatic carbocycles. The Balaban J connectivity index is 0.000000318. The molecule has 1 atom stereocenters. The van der Waals surface area contributed by atoms with Crippen LogP contribution in [0.5, 0.6) is 0 Å². The molecule has 0 aliphatic carbocycles. The van der Waals surface area contributed by atoms with Crippen molar-refractivity contribution in [2.24, 2.45) is 28.5 Å². The van der Waals surface area contributed by atoms with Gasteiger partial charge in [-0.1, -0.05) is 26.0 Å². The van der Waals surface area contributed by atoms with Gasteiger partial charge in [0, 0.05) is 25.9 Å². The molecule has 1 unspecified atom stereocenters. The lowest BCUT2D eigenvalue weighted by molar-refractivity contribution is -0.142. The zero-order valence-corrected chi connectivity index (χ0v) is 18.7. The van der Waals surface area contributed by atoms with Crippen LogP contribution >= 0.6 is 0 Å². The second-order valence-corrected chi connectivity index (χ2v) is 8.28. The smallest absolute Gasteiger partial charge is 0.306 e. The van der Waals surface area contributed by atoms with Crippen molar-refractivity contribution in [2.45, 2.75) is 59.3 Å². The topological polar surface area (TPSA) is 134 Å². The number of nitrogens with one attached hydrogen (secondary N) is 1. The molecule has 31 heavy (non-hydrogen) atoms. The zero-order valence-electron chi connectivity index (χ0n) is 18.7. The van der Waals surface area contributed by atoms with E-state index >= 15 is 0 Å². The Hall–Kier alpha value is -2.68. The lowest BCUT2D eigenvalue weighted by atomic mass is 9.94. The lowest BCUT2D eigenvalue weighted by Gasteiger charge is -2.26. The van der Waals surface area contributed by atoms with E-state index in [0.717, 1.165) is 24.9 Å². The van der Waals surface area contributed by atoms with Gasteiger partial charge in [0.25, 0.3) is 0 Å². The van der Waals surface area contributed by atoms with E-state index in [1.165, 1.54) is 0 Å². The SMILES string of the molecule is CC(C)CC(C/C(N)=N/NN)C(=O)O.Cc1ccc(CCN2CCCCC2=O)c(F)c1. The van der Waals surface area contributed by atoms with Gasteiger partial charge in [-0.3, -0.25) is 9.59 Å². The molecule has 0 radical (unpaired) electrons. The molecular weight excluding hydrogens is 401 g/mol. The molecule has 174 valence electrons. The third-order valence-corrected chi connectivity index (χ3v) is 5.05. The van der Waals surface area contributed by atoms with E-state index in [4.69, 9.17) is 16.7 Å². The highest BCUT2D eigenvalue weighted by Gasteiger charge is 2.20. The summed E-state index contributed by atoms with van der Waals surface area (Å²) in [5, 5.41) is 12.4. The standard InChI is InChI=1S/C14H18FNO.C8H18N4O2/c1-11-5-6-12(13(15)10-11)7-9-16-8-3-2-4-14(16)17;1-5(2)3-6(8(13)14)4-7(9)11-12-10/h5-6,10H,2-4,7-9H2,1H3;5-6,12H,3-4,10H2,1-2H3,(H2,9,11)(H,13,14). The van der Waals surface area contributed by atoms with Crippen molar-refractivity contribution in [1.29, 1.82) is 0 Å². The Morgan fingerprint density at radius 3 is 2.61 bits per heavy atom. The van der Waals surface area contributed by atoms with Crippen molar-refractivity contribution >= 4 is 17.7 Å². The maximum absolute atomic E-state index is 13.6. The van der Waals surface area contributed by atoms with E-state index in [1.807, 2.05) is 43.3 Å². The molecular formula is C22H36FN5O3. The van der Waals surface area contributed by atoms with E-state index < -0.39 is 11.9 Å². The van der Waals surface area contributed by atoms with E-state index in [0.29, 0.717) is 37.3 Å². The van der Waals surface area contributed by atoms with Crippen LogP contribution in [0.2, 0.25) is 0 Å². The summed E-state index contributed by atoms with van der Waals surface area (Å²) >= 11 is 0. The van der Waals surface area contributed by atoms with Crippen molar-refractivity contribution in [3.05, 3.63) is 35.1 Å². The fraction of sp³-hybridized carbons (Fsp3) is 0.591. The van der Waals surface area contributed by atoms with Gasteiger partial charge < -0.3 is 15.7 Å². The van der Waals surface area contributed by atoms with Crippen molar-refractivity contribution in [1.82, 2.24) is 10.4 Å². The number of halogens is 1. The van der Waals surface area contributed by atoms with Gasteiger partial charge in [-0.2, -0.15) is 5.10 Å². The molecule has 1 aliphatic rings. The van der Waals surface area contributed by atoms with E-state index in [9.17, 15) is 14.0 Å². The fourth-order valence-electron chi connectivity index (χ4n) is 3.43. The van der Waals surface area contributed by atoms with Crippen LogP contribution in [0.25, 0.3) is 0 Å². The number of carboxylic acids is 1. The Bertz CT molecular complexity index is 755. The summed E-state index contributed by atoms with van der Waals surface area (Å²) in [7, 11) is 0. The summed E-state index contributed by atoms with van der Waals surface area (Å²) in [6, 6.07) is 5.28. The summed E-state index contributed by atoms with van der Waals surface area (Å²) in [5.74, 6) is 4.15. The summed E-state index contributed by atoms with van der Waals surface area (Å²) in [6.07, 6.45) is 4.12. The number of amidine groups is 1. The Morgan fingerprint density at radius 1 is 1.35 bits per heavy atom. The quantitative estimate of drug-likeness (QED) is 0.203. The molecule has 0 saturated carbocycles. The minimum absolute atomic E-state index is 0.158. The number of rotatable bonds is 9. The first-order valence-corrected chi connectivity index (χ1v) is 10.7. The summed E-state index contributed by atoms with van der Waals surface area (Å²) in [4.78, 5) is 24.2. The number of nitrogens with zero attached hydrogens (tertiary/aromatic N) is 2. The maximum Gasteiger partial charge on any atom is 0.306 e. The number of carbonyl (C=O) groups is 2. The molecule has 0 aromatic heterocycles. The van der Waals surface area contributed by atoms with Crippen LogP contribution in [-0.2, 0) is 16.0 Å². The normalized spacial score (nSPS) is 15.4. The molecule has 1 heterocycles. The molecule has 0 bridgehead atoms. The molecule has 6 N–H and O–H groups in total. The summed E-state index contributed by atoms with van der Waals surface area (Å²) in [6.45, 7) is 7.26. The number of aryl methyl sites for hydroxylation is 1. The van der Waals surface area contributed by atoms with Gasteiger partial charge in [-0.25, -0.2) is 15.8 Å². The minimum atomic E-state index is -0.853. The van der Waals surface area contributed by atoms with E-state index in [1.54, 1.807) is 6.07 Å². The van der Waals surface area contributed by atoms with Gasteiger partial charge in [0.2, 0.25) is 5.91 Å². The molecule has 1 aliphatic heterocycles. The van der Waals surface area contributed by atoms with E-state index in [2.05, 4.69) is 5.10 Å². The van der Waals surface area contributed by atoms with E-state index in [-0.39, 0.29) is 24.0 Å². The minimum Gasteiger partial charge on any atom is -0.481 e. The molecule has 0 spiro atoms. The number of hydrogen-bond donors (Lipinski definition) is 4. The number of hydrazone groups is 1. The van der Waals surface area contributed by atoms with Crippen LogP contribution in [0, 0.1) is 24.6 Å². The number of benzene rings is 1. The highest BCUT2D eigenvalue weighted by Crippen LogP contribution is 2.16. The van der Waals surface area contributed by atoms with Gasteiger partial charge in [-0.05, 0) is 55.7 Å². The molecule has 1 amide bonds. The van der Waals surface area contributed by atoms with Crippen molar-refractivity contribution < 1.29 is 19.1 Å². The molecule has 1 saturated heterocycles. The molecule has 1 aromatic rings. The van der Waals surface area contributed by atoms with Crippen LogP contribution in [0.1, 0.15) is 57.1 Å². The Labute approximate surface area is 183 Å². The maximum atomic E-state index is 13.6. The average molecular weight is 438 g/mol. The number of carboxylic acid groups (broad SMARTS) is 1. The van der Waals surface area contributed by atoms with Crippen molar-refractivity contribution in [3.63, 3.8) is 0 Å². The van der Waals surface area contributed by atoms with Gasteiger partial charge in [0.1, 0.15) is 11.7 Å². The monoisotopic (exact) mass is 437 g/mol. The summed E-state index contributed by atoms with van der Waals surface area (Å²) in [5.41, 5.74) is 9.11. The molecule has 8 nitrogen and oxygen atoms in total. The van der Waals surface area contributed by atoms with Crippen LogP contribution in [0.15, 0.2) is 23.3 Å². The number of nitrogens with two attached hydrogens (primary N) is 2. The van der Waals surface area contributed by atoms with Crippen LogP contribution in [-0.4, -0.2) is 40.8 Å². The number of piperidine rings is 1. The third kappa shape index (κ3) is 10.3. The first kappa shape index (κ1) is 26.4. The number of hydrogen-bond acceptors (Lipinski definition) is 5. The van der Waals surface area contributed by atoms with Crippen LogP contribution < -0.4 is 17.1 Å². The first-order valence-electron chi connectivity index (χ1n) is 10.7. The lowest BCUT2D eigenvalue weighted by Crippen LogP contribution is -2.36. The van der Waals surface area contributed by atoms with Crippen molar-refractivity contribution in [3.8, 4) is 0 Å². The number of hydrazine groups is 1. The van der Waals surface area contributed by atoms with Crippen LogP contribution in [0.3, 0.4) is 0 Å². The second kappa shape index (κ2) is 13.6. The Kier molecular flexibility index (Phi) is 11.6. The summed E-state index contributed by atoms with van der Waals surface area (Å²) < 4.78 is 13.6. The predicted octanol–water partition coefficient (Wildman–Crippen LogP) is 2.55. The van der Waals surface area contributed by atoms with Gasteiger partial charge in [0.05, 0.1) is 5.92 Å². The second-order valence-electron chi connectivity index (χ2n) is 8.28. The highest BCUT2D eigenvalue weighted by molar-refractivity contribution is 5.84. The van der Waals surface area contributed by atoms with Crippen LogP contribution in [0.4, 0.5) is 4.39 Å². The largest absolute Gasteiger partial charge is 0.481 e. The van der Waals surface area contributed by atoms with Gasteiger partial charge in [-0.15, -0.1) is 0 Å². The van der Waals surface area contributed by atoms with Gasteiger partial charge in [0.15, 0.2) is 0 Å². The number of amides is 1. The zero-order chi connectivity index (χ0) is 23.4. The predicted molar refractivity (Wildman–Crippen MR) is 119 cm³/mol. The number of aliphatic carboxylic acids is 1. The Morgan fingerprint density at radius 2 is 2.06 bits per heavy atom. The van der Waals surface area contributed by atoms with Crippen molar-refractivity contribution in [2.75, 3.05) is 13.1 Å². The van der Waals surface area contributed by atoms with Gasteiger partial charge >= 0.3 is 5.97 Å². The number of carbonyl (C=O) groups excluding carboxylic acids is 1. The highest BCUT2D eigenvalue weighted by atomic mass is 19.1. The average Bonchev–Trinajstić information content (AvgIpc) is 2.68. The fourth-order valence-corrected chi connectivity index (χ4v) is 3.43. The molecule has 2 rings (SSSR count). The molecule has 9 heteroatoms.